The highest BCUT2D eigenvalue weighted by molar-refractivity contribution is 6.33. The zero-order valence-electron chi connectivity index (χ0n) is 13.8. The normalized spacial score (nSPS) is 16.5. The summed E-state index contributed by atoms with van der Waals surface area (Å²) in [6.07, 6.45) is 6.12. The van der Waals surface area contributed by atoms with Crippen LogP contribution in [-0.4, -0.2) is 28.9 Å². The van der Waals surface area contributed by atoms with Crippen LogP contribution in [0.2, 0.25) is 10.3 Å². The van der Waals surface area contributed by atoms with E-state index < -0.39 is 5.54 Å². The van der Waals surface area contributed by atoms with Crippen molar-refractivity contribution < 1.29 is 9.59 Å². The van der Waals surface area contributed by atoms with Gasteiger partial charge in [0.15, 0.2) is 0 Å². The highest BCUT2D eigenvalue weighted by atomic mass is 35.5. The van der Waals surface area contributed by atoms with Gasteiger partial charge in [-0.05, 0) is 31.4 Å². The molecule has 2 rings (SSSR count). The molecule has 0 radical (unpaired) electrons. The van der Waals surface area contributed by atoms with Crippen LogP contribution in [0.4, 0.5) is 0 Å². The third kappa shape index (κ3) is 4.84. The molecule has 7 heteroatoms. The van der Waals surface area contributed by atoms with Crippen molar-refractivity contribution in [2.24, 2.45) is 0 Å². The maximum absolute atomic E-state index is 12.7. The van der Waals surface area contributed by atoms with E-state index in [1.165, 1.54) is 12.1 Å². The minimum absolute atomic E-state index is 0.102. The van der Waals surface area contributed by atoms with E-state index in [0.29, 0.717) is 24.9 Å². The Kier molecular flexibility index (Phi) is 6.87. The molecule has 1 aromatic rings. The minimum Gasteiger partial charge on any atom is -0.354 e. The highest BCUT2D eigenvalue weighted by Gasteiger charge is 2.40. The first-order valence-electron chi connectivity index (χ1n) is 8.41. The summed E-state index contributed by atoms with van der Waals surface area (Å²) in [7, 11) is 0. The predicted octanol–water partition coefficient (Wildman–Crippen LogP) is 3.74. The molecule has 0 spiro atoms. The van der Waals surface area contributed by atoms with Crippen LogP contribution in [0.15, 0.2) is 12.1 Å². The molecule has 2 amide bonds. The lowest BCUT2D eigenvalue weighted by Crippen LogP contribution is -2.59. The lowest BCUT2D eigenvalue weighted by Gasteiger charge is -2.36. The standard InChI is InChI=1S/C17H23Cl2N3O2/c1-2-3-9-20-16(24)17(7-5-4-6-8-17)22-15(23)12-10-13(18)21-14(19)11-12/h10-11H,2-9H2,1H3,(H,20,24)(H,22,23). The summed E-state index contributed by atoms with van der Waals surface area (Å²) < 4.78 is 0. The van der Waals surface area contributed by atoms with Crippen molar-refractivity contribution in [2.45, 2.75) is 57.4 Å². The molecule has 1 aliphatic carbocycles. The fourth-order valence-electron chi connectivity index (χ4n) is 3.00. The van der Waals surface area contributed by atoms with Gasteiger partial charge in [-0.3, -0.25) is 9.59 Å². The first-order valence-corrected chi connectivity index (χ1v) is 9.16. The molecule has 24 heavy (non-hydrogen) atoms. The van der Waals surface area contributed by atoms with Crippen LogP contribution in [-0.2, 0) is 4.79 Å². The Labute approximate surface area is 152 Å². The zero-order chi connectivity index (χ0) is 17.6. The summed E-state index contributed by atoms with van der Waals surface area (Å²) in [5.74, 6) is -0.455. The van der Waals surface area contributed by atoms with E-state index >= 15 is 0 Å². The Morgan fingerprint density at radius 2 is 1.79 bits per heavy atom. The van der Waals surface area contributed by atoms with Gasteiger partial charge in [-0.15, -0.1) is 0 Å². The van der Waals surface area contributed by atoms with Gasteiger partial charge in [0.05, 0.1) is 0 Å². The SMILES string of the molecule is CCCCNC(=O)C1(NC(=O)c2cc(Cl)nc(Cl)c2)CCCCC1. The van der Waals surface area contributed by atoms with Gasteiger partial charge in [0.1, 0.15) is 15.8 Å². The lowest BCUT2D eigenvalue weighted by molar-refractivity contribution is -0.128. The summed E-state index contributed by atoms with van der Waals surface area (Å²) in [4.78, 5) is 29.2. The Hall–Kier alpha value is -1.33. The number of carbonyl (C=O) groups is 2. The van der Waals surface area contributed by atoms with E-state index in [0.717, 1.165) is 32.1 Å². The second-order valence-corrected chi connectivity index (χ2v) is 6.98. The summed E-state index contributed by atoms with van der Waals surface area (Å²) in [5, 5.41) is 6.19. The number of hydrogen-bond acceptors (Lipinski definition) is 3. The number of unbranched alkanes of at least 4 members (excludes halogenated alkanes) is 1. The van der Waals surface area contributed by atoms with Crippen LogP contribution in [0.3, 0.4) is 0 Å². The first-order chi connectivity index (χ1) is 11.5. The molecule has 132 valence electrons. The van der Waals surface area contributed by atoms with Gasteiger partial charge in [0.25, 0.3) is 5.91 Å². The molecule has 1 aromatic heterocycles. The quantitative estimate of drug-likeness (QED) is 0.590. The molecule has 0 aromatic carbocycles. The van der Waals surface area contributed by atoms with Crippen molar-refractivity contribution in [2.75, 3.05) is 6.54 Å². The lowest BCUT2D eigenvalue weighted by atomic mass is 9.80. The van der Waals surface area contributed by atoms with E-state index in [4.69, 9.17) is 23.2 Å². The van der Waals surface area contributed by atoms with Gasteiger partial charge in [0, 0.05) is 12.1 Å². The van der Waals surface area contributed by atoms with E-state index in [2.05, 4.69) is 22.5 Å². The minimum atomic E-state index is -0.856. The smallest absolute Gasteiger partial charge is 0.252 e. The van der Waals surface area contributed by atoms with Crippen molar-refractivity contribution in [3.8, 4) is 0 Å². The monoisotopic (exact) mass is 371 g/mol. The number of aromatic nitrogens is 1. The molecular formula is C17H23Cl2N3O2. The number of hydrogen-bond donors (Lipinski definition) is 2. The van der Waals surface area contributed by atoms with Crippen LogP contribution in [0.5, 0.6) is 0 Å². The Morgan fingerprint density at radius 3 is 2.38 bits per heavy atom. The predicted molar refractivity (Wildman–Crippen MR) is 95.5 cm³/mol. The second kappa shape index (κ2) is 8.67. The van der Waals surface area contributed by atoms with Crippen LogP contribution in [0.1, 0.15) is 62.2 Å². The molecule has 1 heterocycles. The Balaban J connectivity index is 2.15. The fourth-order valence-corrected chi connectivity index (χ4v) is 3.46. The molecule has 2 N–H and O–H groups in total. The summed E-state index contributed by atoms with van der Waals surface area (Å²) >= 11 is 11.7. The molecule has 0 saturated heterocycles. The van der Waals surface area contributed by atoms with Gasteiger partial charge in [-0.25, -0.2) is 4.98 Å². The molecule has 0 unspecified atom stereocenters. The fraction of sp³-hybridized carbons (Fsp3) is 0.588. The van der Waals surface area contributed by atoms with E-state index in [-0.39, 0.29) is 22.1 Å². The van der Waals surface area contributed by atoms with Crippen molar-refractivity contribution in [1.82, 2.24) is 15.6 Å². The molecule has 0 bridgehead atoms. The number of rotatable bonds is 6. The van der Waals surface area contributed by atoms with E-state index in [1.807, 2.05) is 0 Å². The molecule has 0 atom stereocenters. The van der Waals surface area contributed by atoms with E-state index in [1.54, 1.807) is 0 Å². The molecule has 1 fully saturated rings. The Bertz CT molecular complexity index is 581. The highest BCUT2D eigenvalue weighted by Crippen LogP contribution is 2.29. The number of halogens is 2. The number of carbonyl (C=O) groups excluding carboxylic acids is 2. The van der Waals surface area contributed by atoms with Gasteiger partial charge in [-0.1, -0.05) is 55.8 Å². The maximum Gasteiger partial charge on any atom is 0.252 e. The maximum atomic E-state index is 12.7. The Morgan fingerprint density at radius 1 is 1.17 bits per heavy atom. The van der Waals surface area contributed by atoms with Crippen molar-refractivity contribution in [3.05, 3.63) is 28.0 Å². The summed E-state index contributed by atoms with van der Waals surface area (Å²) in [5.41, 5.74) is -0.544. The van der Waals surface area contributed by atoms with Gasteiger partial charge in [0.2, 0.25) is 5.91 Å². The van der Waals surface area contributed by atoms with Crippen LogP contribution in [0.25, 0.3) is 0 Å². The van der Waals surface area contributed by atoms with Crippen molar-refractivity contribution in [1.29, 1.82) is 0 Å². The summed E-state index contributed by atoms with van der Waals surface area (Å²) in [6.45, 7) is 2.70. The number of pyridine rings is 1. The second-order valence-electron chi connectivity index (χ2n) is 6.21. The molecule has 0 aliphatic heterocycles. The number of nitrogens with zero attached hydrogens (tertiary/aromatic N) is 1. The summed E-state index contributed by atoms with van der Waals surface area (Å²) in [6, 6.07) is 2.91. The number of amides is 2. The zero-order valence-corrected chi connectivity index (χ0v) is 15.3. The largest absolute Gasteiger partial charge is 0.354 e. The molecule has 5 nitrogen and oxygen atoms in total. The topological polar surface area (TPSA) is 71.1 Å². The third-order valence-electron chi connectivity index (χ3n) is 4.34. The van der Waals surface area contributed by atoms with Crippen LogP contribution < -0.4 is 10.6 Å². The third-order valence-corrected chi connectivity index (χ3v) is 4.72. The molecule has 1 aliphatic rings. The van der Waals surface area contributed by atoms with Crippen molar-refractivity contribution >= 4 is 35.0 Å². The van der Waals surface area contributed by atoms with Gasteiger partial charge >= 0.3 is 0 Å². The van der Waals surface area contributed by atoms with Crippen LogP contribution >= 0.6 is 23.2 Å². The average Bonchev–Trinajstić information content (AvgIpc) is 2.55. The van der Waals surface area contributed by atoms with Gasteiger partial charge in [-0.2, -0.15) is 0 Å². The van der Waals surface area contributed by atoms with Crippen molar-refractivity contribution in [3.63, 3.8) is 0 Å². The first kappa shape index (κ1) is 19.0. The molecular weight excluding hydrogens is 349 g/mol. The number of nitrogens with one attached hydrogen (secondary N) is 2. The van der Waals surface area contributed by atoms with E-state index in [9.17, 15) is 9.59 Å². The van der Waals surface area contributed by atoms with Crippen LogP contribution in [0, 0.1) is 0 Å². The average molecular weight is 372 g/mol. The van der Waals surface area contributed by atoms with Gasteiger partial charge < -0.3 is 10.6 Å². The molecule has 1 saturated carbocycles.